The van der Waals surface area contributed by atoms with E-state index in [9.17, 15) is 26.4 Å². The number of alkyl halides is 3. The average molecular weight is 436 g/mol. The predicted molar refractivity (Wildman–Crippen MR) is 99.4 cm³/mol. The minimum atomic E-state index is -4.53. The molecule has 0 saturated heterocycles. The van der Waals surface area contributed by atoms with Gasteiger partial charge in [-0.3, -0.25) is 15.6 Å². The molecule has 0 atom stereocenters. The van der Waals surface area contributed by atoms with Crippen LogP contribution in [0, 0.1) is 0 Å². The number of sulfonamides is 1. The number of benzene rings is 2. The van der Waals surface area contributed by atoms with E-state index in [0.717, 1.165) is 18.2 Å². The van der Waals surface area contributed by atoms with Gasteiger partial charge in [-0.2, -0.15) is 13.2 Å². The van der Waals surface area contributed by atoms with E-state index >= 15 is 0 Å². The first-order valence-electron chi connectivity index (χ1n) is 7.95. The smallest absolute Gasteiger partial charge is 0.298 e. The van der Waals surface area contributed by atoms with Gasteiger partial charge in [0.1, 0.15) is 0 Å². The Morgan fingerprint density at radius 1 is 1.11 bits per heavy atom. The van der Waals surface area contributed by atoms with Crippen molar-refractivity contribution in [2.75, 3.05) is 5.43 Å². The summed E-state index contributed by atoms with van der Waals surface area (Å²) in [5.74, 6) is -0.816. The minimum absolute atomic E-state index is 0.00968. The molecule has 0 radical (unpaired) electrons. The highest BCUT2D eigenvalue weighted by Crippen LogP contribution is 2.30. The lowest BCUT2D eigenvalue weighted by molar-refractivity contribution is -0.137. The van der Waals surface area contributed by atoms with Crippen LogP contribution in [-0.4, -0.2) is 20.4 Å². The lowest BCUT2D eigenvalue weighted by atomic mass is 10.2. The number of halogens is 4. The second kappa shape index (κ2) is 8.38. The summed E-state index contributed by atoms with van der Waals surface area (Å²) in [7, 11) is -3.86. The van der Waals surface area contributed by atoms with E-state index in [2.05, 4.69) is 15.6 Å². The number of amides is 1. The highest BCUT2D eigenvalue weighted by Gasteiger charge is 2.30. The minimum Gasteiger partial charge on any atom is -0.298 e. The fourth-order valence-electron chi connectivity index (χ4n) is 2.19. The molecule has 0 bridgehead atoms. The zero-order valence-electron chi connectivity index (χ0n) is 14.8. The van der Waals surface area contributed by atoms with E-state index < -0.39 is 27.7 Å². The maximum atomic E-state index is 12.7. The van der Waals surface area contributed by atoms with Gasteiger partial charge >= 0.3 is 6.18 Å². The van der Waals surface area contributed by atoms with Crippen molar-refractivity contribution in [3.8, 4) is 0 Å². The van der Waals surface area contributed by atoms with E-state index in [1.807, 2.05) is 0 Å². The first-order chi connectivity index (χ1) is 12.9. The van der Waals surface area contributed by atoms with Crippen LogP contribution in [0.2, 0.25) is 5.02 Å². The van der Waals surface area contributed by atoms with Crippen molar-refractivity contribution in [2.45, 2.75) is 31.0 Å². The Bertz CT molecular complexity index is 979. The average Bonchev–Trinajstić information content (AvgIpc) is 2.58. The highest BCUT2D eigenvalue weighted by atomic mass is 35.5. The summed E-state index contributed by atoms with van der Waals surface area (Å²) in [5.41, 5.74) is 3.49. The maximum Gasteiger partial charge on any atom is 0.416 e. The summed E-state index contributed by atoms with van der Waals surface area (Å²) in [5, 5.41) is -0.0214. The van der Waals surface area contributed by atoms with Gasteiger partial charge in [-0.05, 0) is 50.2 Å². The largest absolute Gasteiger partial charge is 0.416 e. The molecule has 0 aliphatic heterocycles. The molecule has 0 heterocycles. The summed E-state index contributed by atoms with van der Waals surface area (Å²) >= 11 is 5.96. The second-order valence-corrected chi connectivity index (χ2v) is 8.20. The van der Waals surface area contributed by atoms with Crippen molar-refractivity contribution < 1.29 is 26.4 Å². The summed E-state index contributed by atoms with van der Waals surface area (Å²) in [4.78, 5) is 12.2. The second-order valence-electron chi connectivity index (χ2n) is 6.08. The van der Waals surface area contributed by atoms with Crippen LogP contribution in [0.15, 0.2) is 47.4 Å². The first-order valence-corrected chi connectivity index (χ1v) is 9.82. The molecule has 2 aromatic rings. The van der Waals surface area contributed by atoms with Crippen LogP contribution in [0.4, 0.5) is 18.9 Å². The molecule has 3 N–H and O–H groups in total. The molecule has 1 amide bonds. The van der Waals surface area contributed by atoms with Gasteiger partial charge in [-0.15, -0.1) is 0 Å². The van der Waals surface area contributed by atoms with E-state index in [0.29, 0.717) is 0 Å². The third kappa shape index (κ3) is 5.60. The summed E-state index contributed by atoms with van der Waals surface area (Å²) in [6, 6.07) is 7.41. The van der Waals surface area contributed by atoms with Gasteiger partial charge in [0, 0.05) is 6.04 Å². The number of rotatable bonds is 6. The van der Waals surface area contributed by atoms with E-state index in [1.165, 1.54) is 24.3 Å². The van der Waals surface area contributed by atoms with Gasteiger partial charge in [-0.25, -0.2) is 13.1 Å². The molecule has 2 aromatic carbocycles. The molecule has 0 spiro atoms. The molecule has 0 saturated carbocycles. The van der Waals surface area contributed by atoms with Crippen LogP contribution in [0.3, 0.4) is 0 Å². The zero-order chi connectivity index (χ0) is 21.1. The zero-order valence-corrected chi connectivity index (χ0v) is 16.3. The molecule has 0 aliphatic rings. The summed E-state index contributed by atoms with van der Waals surface area (Å²) < 4.78 is 65.0. The Morgan fingerprint density at radius 3 is 2.39 bits per heavy atom. The topological polar surface area (TPSA) is 87.3 Å². The number of hydrogen-bond acceptors (Lipinski definition) is 4. The fraction of sp³-hybridized carbons (Fsp3) is 0.235. The monoisotopic (exact) mass is 435 g/mol. The van der Waals surface area contributed by atoms with Gasteiger partial charge in [-0.1, -0.05) is 17.7 Å². The molecular formula is C17H17ClF3N3O3S. The van der Waals surface area contributed by atoms with Gasteiger partial charge in [0.15, 0.2) is 0 Å². The summed E-state index contributed by atoms with van der Waals surface area (Å²) in [6.45, 7) is 3.28. The lowest BCUT2D eigenvalue weighted by Gasteiger charge is -2.13. The van der Waals surface area contributed by atoms with Crippen molar-refractivity contribution in [1.82, 2.24) is 10.1 Å². The third-order valence-electron chi connectivity index (χ3n) is 3.39. The molecule has 0 unspecified atom stereocenters. The predicted octanol–water partition coefficient (Wildman–Crippen LogP) is 3.80. The van der Waals surface area contributed by atoms with Crippen LogP contribution in [0.25, 0.3) is 0 Å². The number of nitrogens with one attached hydrogen (secondary N) is 3. The van der Waals surface area contributed by atoms with Gasteiger partial charge in [0.2, 0.25) is 10.0 Å². The van der Waals surface area contributed by atoms with Gasteiger partial charge < -0.3 is 0 Å². The fourth-order valence-corrected chi connectivity index (χ4v) is 3.67. The van der Waals surface area contributed by atoms with Crippen LogP contribution in [0.1, 0.15) is 29.8 Å². The Kier molecular flexibility index (Phi) is 6.58. The molecule has 28 heavy (non-hydrogen) atoms. The third-order valence-corrected chi connectivity index (χ3v) is 5.38. The maximum absolute atomic E-state index is 12.7. The van der Waals surface area contributed by atoms with E-state index in [-0.39, 0.29) is 27.2 Å². The number of anilines is 1. The highest BCUT2D eigenvalue weighted by molar-refractivity contribution is 7.89. The summed E-state index contributed by atoms with van der Waals surface area (Å²) in [6.07, 6.45) is -4.53. The molecule has 11 heteroatoms. The van der Waals surface area contributed by atoms with Crippen molar-refractivity contribution in [3.05, 3.63) is 58.6 Å². The standard InChI is InChI=1S/C17H17ClF3N3O3S/c1-10(2)24-28(26,27)13-6-7-15(18)14(9-13)16(25)23-22-12-5-3-4-11(8-12)17(19,20)21/h3-10,22,24H,1-2H3,(H,23,25). The molecule has 0 aromatic heterocycles. The Balaban J connectivity index is 2.20. The number of carbonyl (C=O) groups is 1. The number of hydrogen-bond donors (Lipinski definition) is 3. The van der Waals surface area contributed by atoms with Crippen LogP contribution in [0.5, 0.6) is 0 Å². The van der Waals surface area contributed by atoms with Gasteiger partial charge in [0.25, 0.3) is 5.91 Å². The Hall–Kier alpha value is -2.30. The number of hydrazine groups is 1. The van der Waals surface area contributed by atoms with Gasteiger partial charge in [0.05, 0.1) is 26.7 Å². The number of carbonyl (C=O) groups excluding carboxylic acids is 1. The van der Waals surface area contributed by atoms with Crippen molar-refractivity contribution in [1.29, 1.82) is 0 Å². The normalized spacial score (nSPS) is 12.1. The molecule has 6 nitrogen and oxygen atoms in total. The SMILES string of the molecule is CC(C)NS(=O)(=O)c1ccc(Cl)c(C(=O)NNc2cccc(C(F)(F)F)c2)c1. The van der Waals surface area contributed by atoms with Crippen LogP contribution in [-0.2, 0) is 16.2 Å². The van der Waals surface area contributed by atoms with Crippen molar-refractivity contribution in [3.63, 3.8) is 0 Å². The van der Waals surface area contributed by atoms with Crippen molar-refractivity contribution in [2.24, 2.45) is 0 Å². The molecule has 2 rings (SSSR count). The quantitative estimate of drug-likeness (QED) is 0.602. The van der Waals surface area contributed by atoms with Crippen molar-refractivity contribution >= 4 is 33.2 Å². The lowest BCUT2D eigenvalue weighted by Crippen LogP contribution is -2.32. The van der Waals surface area contributed by atoms with Crippen LogP contribution < -0.4 is 15.6 Å². The molecule has 0 fully saturated rings. The molecular weight excluding hydrogens is 419 g/mol. The van der Waals surface area contributed by atoms with Crippen LogP contribution >= 0.6 is 11.6 Å². The molecule has 0 aliphatic carbocycles. The Morgan fingerprint density at radius 2 is 1.79 bits per heavy atom. The molecule has 152 valence electrons. The Labute approximate surface area is 165 Å². The van der Waals surface area contributed by atoms with E-state index in [4.69, 9.17) is 11.6 Å². The first kappa shape index (κ1) is 22.0. The van der Waals surface area contributed by atoms with E-state index in [1.54, 1.807) is 13.8 Å².